The highest BCUT2D eigenvalue weighted by molar-refractivity contribution is 6.33. The molecule has 1 heterocycles. The van der Waals surface area contributed by atoms with Crippen LogP contribution in [-0.2, 0) is 11.3 Å². The van der Waals surface area contributed by atoms with Gasteiger partial charge in [0.15, 0.2) is 0 Å². The van der Waals surface area contributed by atoms with Crippen molar-refractivity contribution in [3.8, 4) is 5.75 Å². The smallest absolute Gasteiger partial charge is 0.306 e. The molecule has 1 aliphatic heterocycles. The first-order valence-corrected chi connectivity index (χ1v) is 8.88. The molecule has 1 aliphatic rings. The first-order chi connectivity index (χ1) is 12.5. The summed E-state index contributed by atoms with van der Waals surface area (Å²) in [5.74, 6) is -0.159. The third kappa shape index (κ3) is 4.06. The predicted octanol–water partition coefficient (Wildman–Crippen LogP) is 4.08. The molecule has 0 aliphatic carbocycles. The molecule has 0 saturated carbocycles. The van der Waals surface area contributed by atoms with Crippen LogP contribution >= 0.6 is 11.6 Å². The lowest BCUT2D eigenvalue weighted by Crippen LogP contribution is -2.43. The maximum atomic E-state index is 11.3. The fraction of sp³-hybridized carbons (Fsp3) is 0.300. The van der Waals surface area contributed by atoms with Crippen molar-refractivity contribution in [1.29, 1.82) is 0 Å². The Bertz CT molecular complexity index is 779. The Kier molecular flexibility index (Phi) is 5.59. The third-order valence-corrected chi connectivity index (χ3v) is 4.72. The highest BCUT2D eigenvalue weighted by Gasteiger charge is 2.44. The van der Waals surface area contributed by atoms with Gasteiger partial charge in [-0.15, -0.1) is 0 Å². The van der Waals surface area contributed by atoms with E-state index in [0.717, 1.165) is 16.9 Å². The van der Waals surface area contributed by atoms with Gasteiger partial charge in [-0.05, 0) is 30.2 Å². The number of carboxylic acids is 1. The number of benzene rings is 2. The van der Waals surface area contributed by atoms with Gasteiger partial charge in [-0.25, -0.2) is 4.90 Å². The van der Waals surface area contributed by atoms with Crippen molar-refractivity contribution in [2.24, 2.45) is 4.99 Å². The molecule has 2 unspecified atom stereocenters. The monoisotopic (exact) mass is 372 g/mol. The Morgan fingerprint density at radius 2 is 1.92 bits per heavy atom. The van der Waals surface area contributed by atoms with Crippen molar-refractivity contribution in [3.05, 3.63) is 65.7 Å². The Labute approximate surface area is 157 Å². The second-order valence-corrected chi connectivity index (χ2v) is 6.81. The summed E-state index contributed by atoms with van der Waals surface area (Å²) in [4.78, 5) is 16.6. The van der Waals surface area contributed by atoms with Crippen LogP contribution in [0.5, 0.6) is 5.75 Å². The van der Waals surface area contributed by atoms with Gasteiger partial charge in [0.1, 0.15) is 16.9 Å². The molecule has 3 rings (SSSR count). The molecule has 0 amide bonds. The predicted molar refractivity (Wildman–Crippen MR) is 102 cm³/mol. The van der Waals surface area contributed by atoms with E-state index in [-0.39, 0.29) is 12.6 Å². The summed E-state index contributed by atoms with van der Waals surface area (Å²) < 4.78 is 5.47. The van der Waals surface area contributed by atoms with Crippen LogP contribution in [0.3, 0.4) is 0 Å². The van der Waals surface area contributed by atoms with Crippen LogP contribution < -0.4 is 4.74 Å². The Hall–Kier alpha value is -2.37. The van der Waals surface area contributed by atoms with Crippen LogP contribution in [0.15, 0.2) is 59.6 Å². The average Bonchev–Trinajstić information content (AvgIpc) is 2.93. The molecule has 5 nitrogen and oxygen atoms in total. The average molecular weight is 373 g/mol. The largest absolute Gasteiger partial charge is 0.494 e. The van der Waals surface area contributed by atoms with E-state index in [0.29, 0.717) is 13.2 Å². The Morgan fingerprint density at radius 1 is 1.23 bits per heavy atom. The number of hydrogen-bond acceptors (Lipinski definition) is 4. The number of rotatable bonds is 7. The summed E-state index contributed by atoms with van der Waals surface area (Å²) in [6.07, 6.45) is 1.01. The van der Waals surface area contributed by atoms with E-state index >= 15 is 0 Å². The second-order valence-electron chi connectivity index (χ2n) is 6.16. The highest BCUT2D eigenvalue weighted by Crippen LogP contribution is 2.40. The van der Waals surface area contributed by atoms with E-state index in [1.54, 1.807) is 6.21 Å². The first kappa shape index (κ1) is 18.4. The molecule has 6 heteroatoms. The van der Waals surface area contributed by atoms with E-state index < -0.39 is 11.0 Å². The van der Waals surface area contributed by atoms with Gasteiger partial charge in [-0.2, -0.15) is 0 Å². The van der Waals surface area contributed by atoms with Crippen molar-refractivity contribution in [2.75, 3.05) is 6.61 Å². The normalized spacial score (nSPS) is 22.5. The quantitative estimate of drug-likeness (QED) is 0.587. The van der Waals surface area contributed by atoms with Gasteiger partial charge in [0.2, 0.25) is 0 Å². The number of carboxylic acid groups (broad SMARTS) is 1. The van der Waals surface area contributed by atoms with Crippen molar-refractivity contribution < 1.29 is 14.6 Å². The molecule has 2 aromatic rings. The number of ether oxygens (including phenoxy) is 1. The molecule has 2 atom stereocenters. The van der Waals surface area contributed by atoms with Crippen LogP contribution in [0.2, 0.25) is 0 Å². The van der Waals surface area contributed by atoms with E-state index in [9.17, 15) is 9.90 Å². The van der Waals surface area contributed by atoms with E-state index in [4.69, 9.17) is 16.3 Å². The number of alkyl halides is 1. The van der Waals surface area contributed by atoms with Gasteiger partial charge in [0.25, 0.3) is 0 Å². The summed E-state index contributed by atoms with van der Waals surface area (Å²) in [5, 5.41) is 9.29. The molecule has 26 heavy (non-hydrogen) atoms. The second kappa shape index (κ2) is 7.89. The number of halogens is 1. The van der Waals surface area contributed by atoms with Crippen molar-refractivity contribution in [3.63, 3.8) is 0 Å². The lowest BCUT2D eigenvalue weighted by atomic mass is 10.1. The zero-order chi connectivity index (χ0) is 18.6. The van der Waals surface area contributed by atoms with Gasteiger partial charge >= 0.3 is 5.97 Å². The summed E-state index contributed by atoms with van der Waals surface area (Å²) in [7, 11) is 0. The van der Waals surface area contributed by atoms with Crippen LogP contribution in [0.25, 0.3) is 0 Å². The number of nitrogens with zero attached hydrogens (tertiary/aromatic N) is 2. The molecule has 2 aromatic carbocycles. The maximum Gasteiger partial charge on any atom is 0.306 e. The SMILES string of the molecule is CCOc1ccc(CN2C(c3ccccc3)N=CC2(Cl)CC(=O)O)cc1. The van der Waals surface area contributed by atoms with E-state index in [2.05, 4.69) is 4.99 Å². The molecule has 0 aromatic heterocycles. The maximum absolute atomic E-state index is 11.3. The number of carbonyl (C=O) groups is 1. The summed E-state index contributed by atoms with van der Waals surface area (Å²) in [6, 6.07) is 17.5. The minimum atomic E-state index is -1.16. The van der Waals surface area contributed by atoms with Crippen LogP contribution in [0, 0.1) is 0 Å². The van der Waals surface area contributed by atoms with Crippen molar-refractivity contribution in [1.82, 2.24) is 4.90 Å². The minimum absolute atomic E-state index is 0.224. The first-order valence-electron chi connectivity index (χ1n) is 8.50. The summed E-state index contributed by atoms with van der Waals surface area (Å²) in [5.41, 5.74) is 1.98. The number of hydrogen-bond donors (Lipinski definition) is 1. The highest BCUT2D eigenvalue weighted by atomic mass is 35.5. The Morgan fingerprint density at radius 3 is 2.54 bits per heavy atom. The molecule has 0 saturated heterocycles. The molecule has 1 N–H and O–H groups in total. The number of aliphatic carboxylic acids is 1. The zero-order valence-electron chi connectivity index (χ0n) is 14.5. The van der Waals surface area contributed by atoms with Crippen LogP contribution in [-0.4, -0.2) is 33.8 Å². The fourth-order valence-corrected chi connectivity index (χ4v) is 3.39. The molecule has 0 spiro atoms. The molecule has 0 radical (unpaired) electrons. The van der Waals surface area contributed by atoms with Crippen molar-refractivity contribution in [2.45, 2.75) is 31.1 Å². The summed E-state index contributed by atoms with van der Waals surface area (Å²) in [6.45, 7) is 3.02. The molecular weight excluding hydrogens is 352 g/mol. The summed E-state index contributed by atoms with van der Waals surface area (Å²) >= 11 is 6.68. The van der Waals surface area contributed by atoms with E-state index in [1.165, 1.54) is 0 Å². The van der Waals surface area contributed by atoms with Gasteiger partial charge < -0.3 is 9.84 Å². The van der Waals surface area contributed by atoms with Gasteiger partial charge in [0, 0.05) is 12.8 Å². The van der Waals surface area contributed by atoms with Gasteiger partial charge in [0.05, 0.1) is 13.0 Å². The van der Waals surface area contributed by atoms with Crippen molar-refractivity contribution >= 4 is 23.8 Å². The van der Waals surface area contributed by atoms with E-state index in [1.807, 2.05) is 66.4 Å². The number of aliphatic imine (C=N–C) groups is 1. The fourth-order valence-electron chi connectivity index (χ4n) is 3.07. The molecule has 0 fully saturated rings. The molecule has 136 valence electrons. The van der Waals surface area contributed by atoms with Gasteiger partial charge in [-0.3, -0.25) is 9.79 Å². The third-order valence-electron chi connectivity index (χ3n) is 4.27. The lowest BCUT2D eigenvalue weighted by molar-refractivity contribution is -0.138. The topological polar surface area (TPSA) is 62.1 Å². The lowest BCUT2D eigenvalue weighted by Gasteiger charge is -2.34. The molecule has 0 bridgehead atoms. The molecular formula is C20H21ClN2O3. The zero-order valence-corrected chi connectivity index (χ0v) is 15.3. The Balaban J connectivity index is 1.87. The van der Waals surface area contributed by atoms with Gasteiger partial charge in [-0.1, -0.05) is 54.1 Å². The standard InChI is InChI=1S/C20H21ClN2O3/c1-2-26-17-10-8-15(9-11-17)13-23-19(16-6-4-3-5-7-16)22-14-20(23,21)12-18(24)25/h3-11,14,19H,2,12-13H2,1H3,(H,24,25). The van der Waals surface area contributed by atoms with Crippen LogP contribution in [0.4, 0.5) is 0 Å². The van der Waals surface area contributed by atoms with Crippen LogP contribution in [0.1, 0.15) is 30.6 Å². The minimum Gasteiger partial charge on any atom is -0.494 e.